The third kappa shape index (κ3) is 2.91. The van der Waals surface area contributed by atoms with Gasteiger partial charge in [0.2, 0.25) is 0 Å². The maximum atomic E-state index is 10.8. The molecule has 1 rings (SSSR count). The van der Waals surface area contributed by atoms with Gasteiger partial charge in [-0.2, -0.15) is 0 Å². The summed E-state index contributed by atoms with van der Waals surface area (Å²) in [6, 6.07) is 2.96. The summed E-state index contributed by atoms with van der Waals surface area (Å²) in [7, 11) is 1.40. The minimum atomic E-state index is -0.203. The number of nitrogens with zero attached hydrogens (tertiary/aromatic N) is 3. The standard InChI is InChI=1S/C11H9N3O3/c1-17-10-5-4-8(7-15)9(11(10)16)3-2-6-13-14-12/h4-5,7,16H,6H2,1H3. The summed E-state index contributed by atoms with van der Waals surface area (Å²) in [5.41, 5.74) is 8.47. The molecule has 17 heavy (non-hydrogen) atoms. The summed E-state index contributed by atoms with van der Waals surface area (Å²) in [4.78, 5) is 13.3. The number of methoxy groups -OCH3 is 1. The first-order chi connectivity index (χ1) is 8.24. The van der Waals surface area contributed by atoms with E-state index in [0.717, 1.165) is 0 Å². The number of aldehydes is 1. The van der Waals surface area contributed by atoms with Crippen LogP contribution < -0.4 is 4.74 Å². The van der Waals surface area contributed by atoms with Gasteiger partial charge in [0.1, 0.15) is 0 Å². The summed E-state index contributed by atoms with van der Waals surface area (Å²) in [5.74, 6) is 5.11. The van der Waals surface area contributed by atoms with Crippen LogP contribution in [-0.4, -0.2) is 25.0 Å². The Bertz CT molecular complexity index is 537. The van der Waals surface area contributed by atoms with Gasteiger partial charge in [-0.1, -0.05) is 17.0 Å². The molecule has 0 aliphatic heterocycles. The summed E-state index contributed by atoms with van der Waals surface area (Å²) in [6.45, 7) is -0.0363. The zero-order valence-corrected chi connectivity index (χ0v) is 9.04. The topological polar surface area (TPSA) is 95.3 Å². The average Bonchev–Trinajstić information content (AvgIpc) is 2.36. The molecule has 0 saturated carbocycles. The number of hydrogen-bond donors (Lipinski definition) is 1. The molecule has 0 bridgehead atoms. The van der Waals surface area contributed by atoms with E-state index in [9.17, 15) is 9.90 Å². The molecule has 0 radical (unpaired) electrons. The van der Waals surface area contributed by atoms with Crippen LogP contribution in [0.2, 0.25) is 0 Å². The zero-order valence-electron chi connectivity index (χ0n) is 9.04. The Morgan fingerprint density at radius 3 is 3.00 bits per heavy atom. The summed E-state index contributed by atoms with van der Waals surface area (Å²) in [5, 5.41) is 13.0. The number of ether oxygens (including phenoxy) is 1. The van der Waals surface area contributed by atoms with E-state index in [4.69, 9.17) is 10.3 Å². The number of hydrogen-bond acceptors (Lipinski definition) is 4. The van der Waals surface area contributed by atoms with E-state index in [-0.39, 0.29) is 29.2 Å². The van der Waals surface area contributed by atoms with Crippen molar-refractivity contribution in [2.24, 2.45) is 5.11 Å². The third-order valence-corrected chi connectivity index (χ3v) is 1.95. The minimum Gasteiger partial charge on any atom is -0.503 e. The lowest BCUT2D eigenvalue weighted by Gasteiger charge is -2.06. The normalized spacial score (nSPS) is 8.53. The summed E-state index contributed by atoms with van der Waals surface area (Å²) in [6.07, 6.45) is 0.580. The number of phenols is 1. The van der Waals surface area contributed by atoms with E-state index in [2.05, 4.69) is 21.9 Å². The van der Waals surface area contributed by atoms with Crippen LogP contribution in [0.15, 0.2) is 17.2 Å². The minimum absolute atomic E-state index is 0.0363. The van der Waals surface area contributed by atoms with Gasteiger partial charge in [0.15, 0.2) is 17.8 Å². The molecule has 86 valence electrons. The highest BCUT2D eigenvalue weighted by molar-refractivity contribution is 5.82. The van der Waals surface area contributed by atoms with E-state index < -0.39 is 0 Å². The van der Waals surface area contributed by atoms with E-state index in [1.54, 1.807) is 0 Å². The maximum Gasteiger partial charge on any atom is 0.174 e. The monoisotopic (exact) mass is 231 g/mol. The van der Waals surface area contributed by atoms with Crippen molar-refractivity contribution in [3.63, 3.8) is 0 Å². The van der Waals surface area contributed by atoms with Crippen LogP contribution in [0.1, 0.15) is 15.9 Å². The van der Waals surface area contributed by atoms with Crippen molar-refractivity contribution < 1.29 is 14.6 Å². The van der Waals surface area contributed by atoms with Crippen LogP contribution in [0.3, 0.4) is 0 Å². The van der Waals surface area contributed by atoms with Crippen LogP contribution in [0.25, 0.3) is 10.4 Å². The number of aromatic hydroxyl groups is 1. The second-order valence-corrected chi connectivity index (χ2v) is 2.89. The highest BCUT2D eigenvalue weighted by atomic mass is 16.5. The van der Waals surface area contributed by atoms with Crippen molar-refractivity contribution in [2.45, 2.75) is 0 Å². The molecule has 0 saturated heterocycles. The first kappa shape index (κ1) is 12.4. The molecular formula is C11H9N3O3. The Morgan fingerprint density at radius 1 is 1.65 bits per heavy atom. The van der Waals surface area contributed by atoms with Gasteiger partial charge in [0.05, 0.1) is 19.2 Å². The van der Waals surface area contributed by atoms with E-state index in [0.29, 0.717) is 6.29 Å². The molecule has 1 aromatic rings. The van der Waals surface area contributed by atoms with Crippen LogP contribution in [-0.2, 0) is 0 Å². The fourth-order valence-corrected chi connectivity index (χ4v) is 1.18. The molecule has 0 unspecified atom stereocenters. The lowest BCUT2D eigenvalue weighted by molar-refractivity contribution is 0.112. The Hall–Kier alpha value is -2.64. The van der Waals surface area contributed by atoms with Gasteiger partial charge in [0.25, 0.3) is 0 Å². The molecule has 0 amide bonds. The average molecular weight is 231 g/mol. The quantitative estimate of drug-likeness (QED) is 0.283. The van der Waals surface area contributed by atoms with Gasteiger partial charge in [-0.15, -0.1) is 0 Å². The lowest BCUT2D eigenvalue weighted by atomic mass is 10.1. The Morgan fingerprint density at radius 2 is 2.41 bits per heavy atom. The largest absolute Gasteiger partial charge is 0.503 e. The first-order valence-corrected chi connectivity index (χ1v) is 4.59. The number of azide groups is 1. The second-order valence-electron chi connectivity index (χ2n) is 2.89. The van der Waals surface area contributed by atoms with Crippen molar-refractivity contribution in [1.82, 2.24) is 0 Å². The maximum absolute atomic E-state index is 10.8. The number of benzene rings is 1. The summed E-state index contributed by atoms with van der Waals surface area (Å²) >= 11 is 0. The molecule has 0 aromatic heterocycles. The Balaban J connectivity index is 3.21. The Kier molecular flexibility index (Phi) is 4.43. The van der Waals surface area contributed by atoms with Crippen LogP contribution in [0.4, 0.5) is 0 Å². The second kappa shape index (κ2) is 6.05. The molecule has 0 aliphatic carbocycles. The van der Waals surface area contributed by atoms with Crippen LogP contribution >= 0.6 is 0 Å². The fraction of sp³-hybridized carbons (Fsp3) is 0.182. The van der Waals surface area contributed by atoms with E-state index in [1.807, 2.05) is 0 Å². The molecule has 0 spiro atoms. The molecule has 0 fully saturated rings. The zero-order chi connectivity index (χ0) is 12.7. The van der Waals surface area contributed by atoms with Crippen molar-refractivity contribution in [1.29, 1.82) is 0 Å². The smallest absolute Gasteiger partial charge is 0.174 e. The van der Waals surface area contributed by atoms with Crippen LogP contribution in [0.5, 0.6) is 11.5 Å². The number of carbonyl (C=O) groups excluding carboxylic acids is 1. The molecular weight excluding hydrogens is 222 g/mol. The van der Waals surface area contributed by atoms with Crippen molar-refractivity contribution in [3.05, 3.63) is 33.7 Å². The molecule has 1 N–H and O–H groups in total. The summed E-state index contributed by atoms with van der Waals surface area (Å²) < 4.78 is 4.90. The number of phenolic OH excluding ortho intramolecular Hbond substituents is 1. The molecule has 1 aromatic carbocycles. The van der Waals surface area contributed by atoms with E-state index in [1.165, 1.54) is 19.2 Å². The van der Waals surface area contributed by atoms with Gasteiger partial charge >= 0.3 is 0 Å². The van der Waals surface area contributed by atoms with Crippen molar-refractivity contribution in [2.75, 3.05) is 13.7 Å². The third-order valence-electron chi connectivity index (χ3n) is 1.95. The highest BCUT2D eigenvalue weighted by Gasteiger charge is 2.10. The molecule has 0 aliphatic rings. The van der Waals surface area contributed by atoms with Gasteiger partial charge < -0.3 is 9.84 Å². The number of carbonyl (C=O) groups is 1. The van der Waals surface area contributed by atoms with Crippen LogP contribution in [0, 0.1) is 11.8 Å². The molecule has 0 heterocycles. The first-order valence-electron chi connectivity index (χ1n) is 4.59. The predicted molar refractivity (Wildman–Crippen MR) is 60.9 cm³/mol. The highest BCUT2D eigenvalue weighted by Crippen LogP contribution is 2.30. The molecule has 0 atom stereocenters. The van der Waals surface area contributed by atoms with Gasteiger partial charge in [-0.25, -0.2) is 0 Å². The molecule has 6 heteroatoms. The van der Waals surface area contributed by atoms with Gasteiger partial charge in [-0.3, -0.25) is 4.79 Å². The van der Waals surface area contributed by atoms with Crippen molar-refractivity contribution in [3.8, 4) is 23.3 Å². The Labute approximate surface area is 97.5 Å². The SMILES string of the molecule is COc1ccc(C=O)c(C#CCN=[N+]=[N-])c1O. The van der Waals surface area contributed by atoms with Gasteiger partial charge in [-0.05, 0) is 17.7 Å². The van der Waals surface area contributed by atoms with Gasteiger partial charge in [0, 0.05) is 10.5 Å². The molecule has 6 nitrogen and oxygen atoms in total. The number of rotatable bonds is 3. The van der Waals surface area contributed by atoms with Crippen molar-refractivity contribution >= 4 is 6.29 Å². The lowest BCUT2D eigenvalue weighted by Crippen LogP contribution is -1.92. The predicted octanol–water partition coefficient (Wildman–Crippen LogP) is 1.88. The van der Waals surface area contributed by atoms with E-state index >= 15 is 0 Å². The fourth-order valence-electron chi connectivity index (χ4n) is 1.18.